The molecule has 3 aromatic rings. The highest BCUT2D eigenvalue weighted by molar-refractivity contribution is 7.16. The minimum Gasteiger partial charge on any atom is -0.465 e. The van der Waals surface area contributed by atoms with Crippen molar-refractivity contribution >= 4 is 34.0 Å². The van der Waals surface area contributed by atoms with Gasteiger partial charge in [-0.05, 0) is 59.3 Å². The standard InChI is InChI=1S/C25H33N7O3S/c1-15(16-5-6-16)27-20-13-19(28-21(29-20)18-14-26-31-11-12-36-23(18)31)22(33)30-9-7-17(8-10-30)32(24(34)35)25(2,3)4/h11-17H,5-10H2,1-4H3,(H,34,35)(H,27,28,29)/t15-/m0/s1. The quantitative estimate of drug-likeness (QED) is 0.502. The Morgan fingerprint density at radius 1 is 1.19 bits per heavy atom. The third-order valence-corrected chi connectivity index (χ3v) is 7.96. The van der Waals surface area contributed by atoms with Crippen LogP contribution in [0.2, 0.25) is 0 Å². The van der Waals surface area contributed by atoms with Gasteiger partial charge in [0.1, 0.15) is 16.3 Å². The van der Waals surface area contributed by atoms with E-state index in [2.05, 4.69) is 22.3 Å². The molecule has 2 amide bonds. The molecule has 1 atom stereocenters. The van der Waals surface area contributed by atoms with Gasteiger partial charge >= 0.3 is 6.09 Å². The molecule has 2 N–H and O–H groups in total. The van der Waals surface area contributed by atoms with Gasteiger partial charge in [0, 0.05) is 48.4 Å². The second-order valence-corrected chi connectivity index (χ2v) is 11.7. The first-order valence-corrected chi connectivity index (χ1v) is 13.4. The smallest absolute Gasteiger partial charge is 0.407 e. The van der Waals surface area contributed by atoms with Crippen LogP contribution in [0.1, 0.15) is 63.9 Å². The van der Waals surface area contributed by atoms with Gasteiger partial charge in [0.2, 0.25) is 0 Å². The molecule has 10 nitrogen and oxygen atoms in total. The SMILES string of the molecule is C[C@H](Nc1cc(C(=O)N2CCC(N(C(=O)O)C(C)(C)C)CC2)nc(-c2cnn3ccsc23)n1)C1CC1. The first kappa shape index (κ1) is 24.5. The number of nitrogens with one attached hydrogen (secondary N) is 1. The molecule has 36 heavy (non-hydrogen) atoms. The summed E-state index contributed by atoms with van der Waals surface area (Å²) in [7, 11) is 0. The van der Waals surface area contributed by atoms with E-state index in [4.69, 9.17) is 4.98 Å². The molecule has 5 rings (SSSR count). The Morgan fingerprint density at radius 2 is 1.92 bits per heavy atom. The molecule has 1 aliphatic heterocycles. The minimum atomic E-state index is -0.922. The fourth-order valence-corrected chi connectivity index (χ4v) is 5.85. The van der Waals surface area contributed by atoms with E-state index >= 15 is 0 Å². The Kier molecular flexibility index (Phi) is 6.36. The van der Waals surface area contributed by atoms with Crippen LogP contribution in [0.3, 0.4) is 0 Å². The lowest BCUT2D eigenvalue weighted by molar-refractivity contribution is 0.0381. The van der Waals surface area contributed by atoms with Crippen LogP contribution in [0.15, 0.2) is 23.8 Å². The van der Waals surface area contributed by atoms with Crippen LogP contribution in [-0.2, 0) is 0 Å². The molecule has 1 aliphatic carbocycles. The molecule has 0 unspecified atom stereocenters. The van der Waals surface area contributed by atoms with Crippen molar-refractivity contribution in [3.63, 3.8) is 0 Å². The fourth-order valence-electron chi connectivity index (χ4n) is 5.06. The molecular weight excluding hydrogens is 478 g/mol. The monoisotopic (exact) mass is 511 g/mol. The molecular formula is C25H33N7O3S. The van der Waals surface area contributed by atoms with Gasteiger partial charge < -0.3 is 20.2 Å². The molecule has 0 radical (unpaired) electrons. The van der Waals surface area contributed by atoms with E-state index in [0.29, 0.717) is 49.2 Å². The lowest BCUT2D eigenvalue weighted by Gasteiger charge is -2.43. The maximum Gasteiger partial charge on any atom is 0.407 e. The van der Waals surface area contributed by atoms with Crippen molar-refractivity contribution in [2.75, 3.05) is 18.4 Å². The van der Waals surface area contributed by atoms with Crippen LogP contribution >= 0.6 is 11.3 Å². The summed E-state index contributed by atoms with van der Waals surface area (Å²) in [5.74, 6) is 1.58. The van der Waals surface area contributed by atoms with Crippen LogP contribution in [0, 0.1) is 5.92 Å². The highest BCUT2D eigenvalue weighted by atomic mass is 32.1. The van der Waals surface area contributed by atoms with E-state index < -0.39 is 11.6 Å². The summed E-state index contributed by atoms with van der Waals surface area (Å²) in [5, 5.41) is 19.6. The molecule has 0 spiro atoms. The zero-order chi connectivity index (χ0) is 25.6. The Hall–Kier alpha value is -3.21. The Bertz CT molecular complexity index is 1270. The van der Waals surface area contributed by atoms with Crippen molar-refractivity contribution < 1.29 is 14.7 Å². The number of carbonyl (C=O) groups is 2. The second kappa shape index (κ2) is 9.34. The topological polar surface area (TPSA) is 116 Å². The number of aromatic nitrogens is 4. The predicted molar refractivity (Wildman–Crippen MR) is 138 cm³/mol. The number of hydrogen-bond donors (Lipinski definition) is 2. The number of hydrogen-bond acceptors (Lipinski definition) is 7. The molecule has 1 saturated carbocycles. The van der Waals surface area contributed by atoms with Gasteiger partial charge in [0.05, 0.1) is 11.8 Å². The molecule has 2 fully saturated rings. The normalized spacial score (nSPS) is 17.8. The van der Waals surface area contributed by atoms with E-state index in [1.807, 2.05) is 32.3 Å². The summed E-state index contributed by atoms with van der Waals surface area (Å²) < 4.78 is 1.78. The van der Waals surface area contributed by atoms with Crippen LogP contribution in [0.25, 0.3) is 16.2 Å². The highest BCUT2D eigenvalue weighted by Crippen LogP contribution is 2.34. The average molecular weight is 512 g/mol. The first-order chi connectivity index (χ1) is 17.1. The number of piperidine rings is 1. The number of likely N-dealkylation sites (tertiary alicyclic amines) is 1. The third-order valence-electron chi connectivity index (χ3n) is 7.07. The van der Waals surface area contributed by atoms with Crippen molar-refractivity contribution in [3.8, 4) is 11.4 Å². The van der Waals surface area contributed by atoms with Gasteiger partial charge in [-0.3, -0.25) is 4.79 Å². The summed E-state index contributed by atoms with van der Waals surface area (Å²) >= 11 is 1.55. The molecule has 4 heterocycles. The second-order valence-electron chi connectivity index (χ2n) is 10.8. The van der Waals surface area contributed by atoms with Gasteiger partial charge in [-0.25, -0.2) is 19.3 Å². The fraction of sp³-hybridized carbons (Fsp3) is 0.560. The number of carbonyl (C=O) groups excluding carboxylic acids is 1. The van der Waals surface area contributed by atoms with Crippen LogP contribution in [-0.4, -0.2) is 77.2 Å². The van der Waals surface area contributed by atoms with E-state index in [-0.39, 0.29) is 18.0 Å². The number of amides is 2. The molecule has 1 saturated heterocycles. The number of rotatable bonds is 6. The van der Waals surface area contributed by atoms with Gasteiger partial charge in [0.25, 0.3) is 5.91 Å². The van der Waals surface area contributed by atoms with Crippen molar-refractivity contribution in [1.82, 2.24) is 29.4 Å². The lowest BCUT2D eigenvalue weighted by atomic mass is 9.96. The molecule has 2 aliphatic rings. The first-order valence-electron chi connectivity index (χ1n) is 12.5. The zero-order valence-corrected chi connectivity index (χ0v) is 22.0. The molecule has 0 bridgehead atoms. The van der Waals surface area contributed by atoms with Crippen LogP contribution < -0.4 is 5.32 Å². The summed E-state index contributed by atoms with van der Waals surface area (Å²) in [6, 6.07) is 1.88. The minimum absolute atomic E-state index is 0.122. The van der Waals surface area contributed by atoms with Crippen molar-refractivity contribution in [2.45, 2.75) is 71.0 Å². The maximum absolute atomic E-state index is 13.6. The molecule has 0 aromatic carbocycles. The molecule has 3 aromatic heterocycles. The molecule has 11 heteroatoms. The number of nitrogens with zero attached hydrogens (tertiary/aromatic N) is 6. The largest absolute Gasteiger partial charge is 0.465 e. The predicted octanol–water partition coefficient (Wildman–Crippen LogP) is 4.45. The zero-order valence-electron chi connectivity index (χ0n) is 21.1. The Balaban J connectivity index is 1.39. The van der Waals surface area contributed by atoms with Crippen molar-refractivity contribution in [3.05, 3.63) is 29.5 Å². The summed E-state index contributed by atoms with van der Waals surface area (Å²) in [6.07, 6.45) is 6.29. The number of anilines is 1. The Labute approximate surface area is 214 Å². The van der Waals surface area contributed by atoms with E-state index in [1.54, 1.807) is 33.0 Å². The van der Waals surface area contributed by atoms with Crippen LogP contribution in [0.4, 0.5) is 10.6 Å². The van der Waals surface area contributed by atoms with Crippen molar-refractivity contribution in [1.29, 1.82) is 0 Å². The molecule has 192 valence electrons. The van der Waals surface area contributed by atoms with E-state index in [1.165, 1.54) is 17.7 Å². The average Bonchev–Trinajstić information content (AvgIpc) is 3.44. The maximum atomic E-state index is 13.6. The van der Waals surface area contributed by atoms with E-state index in [0.717, 1.165) is 10.4 Å². The number of carboxylic acid groups (broad SMARTS) is 1. The van der Waals surface area contributed by atoms with E-state index in [9.17, 15) is 14.7 Å². The summed E-state index contributed by atoms with van der Waals surface area (Å²) in [4.78, 5) is 39.1. The van der Waals surface area contributed by atoms with Gasteiger partial charge in [-0.2, -0.15) is 5.10 Å². The number of fused-ring (bicyclic) bond motifs is 1. The summed E-state index contributed by atoms with van der Waals surface area (Å²) in [5.41, 5.74) is 0.635. The number of thiazole rings is 1. The van der Waals surface area contributed by atoms with Gasteiger partial charge in [0.15, 0.2) is 5.82 Å². The Morgan fingerprint density at radius 3 is 2.56 bits per heavy atom. The van der Waals surface area contributed by atoms with Crippen molar-refractivity contribution in [2.24, 2.45) is 5.92 Å². The van der Waals surface area contributed by atoms with Gasteiger partial charge in [-0.15, -0.1) is 11.3 Å². The third kappa shape index (κ3) is 4.88. The lowest BCUT2D eigenvalue weighted by Crippen LogP contribution is -2.55. The highest BCUT2D eigenvalue weighted by Gasteiger charge is 2.36. The van der Waals surface area contributed by atoms with Gasteiger partial charge in [-0.1, -0.05) is 0 Å². The summed E-state index contributed by atoms with van der Waals surface area (Å²) in [6.45, 7) is 8.81. The van der Waals surface area contributed by atoms with Crippen LogP contribution in [0.5, 0.6) is 0 Å².